The summed E-state index contributed by atoms with van der Waals surface area (Å²) in [6.45, 7) is 16.2. The lowest BCUT2D eigenvalue weighted by Gasteiger charge is -2.29. The SMILES string of the molecule is CCC(C)N(CC)CCN(C)CC(C)C. The van der Waals surface area contributed by atoms with E-state index in [4.69, 9.17) is 0 Å². The topological polar surface area (TPSA) is 6.48 Å². The number of rotatable bonds is 8. The highest BCUT2D eigenvalue weighted by molar-refractivity contribution is 4.66. The summed E-state index contributed by atoms with van der Waals surface area (Å²) in [6, 6.07) is 0.724. The molecule has 0 aromatic carbocycles. The average molecular weight is 214 g/mol. The normalized spacial score (nSPS) is 14.2. The Morgan fingerprint density at radius 2 is 1.60 bits per heavy atom. The lowest BCUT2D eigenvalue weighted by atomic mass is 10.2. The number of hydrogen-bond donors (Lipinski definition) is 0. The zero-order chi connectivity index (χ0) is 11.8. The van der Waals surface area contributed by atoms with Gasteiger partial charge in [0, 0.05) is 25.7 Å². The molecule has 0 spiro atoms. The maximum Gasteiger partial charge on any atom is 0.0112 e. The average Bonchev–Trinajstić information content (AvgIpc) is 2.17. The van der Waals surface area contributed by atoms with Crippen molar-refractivity contribution in [2.75, 3.05) is 33.2 Å². The predicted octanol–water partition coefficient (Wildman–Crippen LogP) is 2.69. The van der Waals surface area contributed by atoms with Gasteiger partial charge >= 0.3 is 0 Å². The van der Waals surface area contributed by atoms with Crippen molar-refractivity contribution < 1.29 is 0 Å². The largest absolute Gasteiger partial charge is 0.305 e. The molecule has 0 aromatic rings. The number of nitrogens with zero attached hydrogens (tertiary/aromatic N) is 2. The molecular formula is C13H30N2. The van der Waals surface area contributed by atoms with Crippen LogP contribution in [-0.2, 0) is 0 Å². The molecule has 0 fully saturated rings. The molecule has 2 heteroatoms. The van der Waals surface area contributed by atoms with Gasteiger partial charge in [0.1, 0.15) is 0 Å². The maximum atomic E-state index is 2.57. The standard InChI is InChI=1S/C13H30N2/c1-7-13(5)15(8-2)10-9-14(6)11-12(3)4/h12-13H,7-11H2,1-6H3. The van der Waals surface area contributed by atoms with Gasteiger partial charge in [-0.1, -0.05) is 27.7 Å². The Hall–Kier alpha value is -0.0800. The molecule has 0 bridgehead atoms. The van der Waals surface area contributed by atoms with Crippen LogP contribution in [0.15, 0.2) is 0 Å². The van der Waals surface area contributed by atoms with Gasteiger partial charge in [0.05, 0.1) is 0 Å². The molecule has 2 nitrogen and oxygen atoms in total. The predicted molar refractivity (Wildman–Crippen MR) is 69.3 cm³/mol. The van der Waals surface area contributed by atoms with E-state index in [1.54, 1.807) is 0 Å². The summed E-state index contributed by atoms with van der Waals surface area (Å²) in [4.78, 5) is 5.01. The first-order valence-corrected chi connectivity index (χ1v) is 6.43. The fourth-order valence-electron chi connectivity index (χ4n) is 1.96. The summed E-state index contributed by atoms with van der Waals surface area (Å²) in [5, 5.41) is 0. The van der Waals surface area contributed by atoms with Crippen LogP contribution in [0.25, 0.3) is 0 Å². The van der Waals surface area contributed by atoms with Crippen molar-refractivity contribution in [3.63, 3.8) is 0 Å². The minimum atomic E-state index is 0.724. The molecule has 15 heavy (non-hydrogen) atoms. The van der Waals surface area contributed by atoms with Crippen molar-refractivity contribution in [3.8, 4) is 0 Å². The molecule has 1 atom stereocenters. The van der Waals surface area contributed by atoms with Crippen molar-refractivity contribution >= 4 is 0 Å². The van der Waals surface area contributed by atoms with Gasteiger partial charge < -0.3 is 4.90 Å². The van der Waals surface area contributed by atoms with Crippen LogP contribution in [0.5, 0.6) is 0 Å². The smallest absolute Gasteiger partial charge is 0.0112 e. The van der Waals surface area contributed by atoms with Gasteiger partial charge in [0.15, 0.2) is 0 Å². The summed E-state index contributed by atoms with van der Waals surface area (Å²) in [7, 11) is 2.23. The third-order valence-corrected chi connectivity index (χ3v) is 3.07. The van der Waals surface area contributed by atoms with Crippen molar-refractivity contribution in [2.45, 2.75) is 47.1 Å². The van der Waals surface area contributed by atoms with Crippen molar-refractivity contribution in [3.05, 3.63) is 0 Å². The van der Waals surface area contributed by atoms with E-state index in [0.29, 0.717) is 0 Å². The van der Waals surface area contributed by atoms with Crippen LogP contribution in [-0.4, -0.2) is 49.1 Å². The second kappa shape index (κ2) is 8.12. The minimum Gasteiger partial charge on any atom is -0.305 e. The van der Waals surface area contributed by atoms with E-state index in [1.807, 2.05) is 0 Å². The van der Waals surface area contributed by atoms with Gasteiger partial charge in [-0.2, -0.15) is 0 Å². The summed E-state index contributed by atoms with van der Waals surface area (Å²) in [6.07, 6.45) is 1.25. The van der Waals surface area contributed by atoms with Crippen LogP contribution in [0.2, 0.25) is 0 Å². The van der Waals surface area contributed by atoms with Crippen molar-refractivity contribution in [1.29, 1.82) is 0 Å². The van der Waals surface area contributed by atoms with Gasteiger partial charge in [-0.05, 0) is 32.9 Å². The van der Waals surface area contributed by atoms with E-state index in [2.05, 4.69) is 51.5 Å². The highest BCUT2D eigenvalue weighted by Gasteiger charge is 2.10. The second-order valence-electron chi connectivity index (χ2n) is 5.04. The van der Waals surface area contributed by atoms with E-state index < -0.39 is 0 Å². The van der Waals surface area contributed by atoms with Crippen LogP contribution in [0.1, 0.15) is 41.0 Å². The Labute approximate surface area is 96.6 Å². The molecule has 0 N–H and O–H groups in total. The first-order chi connectivity index (χ1) is 7.01. The van der Waals surface area contributed by atoms with E-state index in [9.17, 15) is 0 Å². The van der Waals surface area contributed by atoms with Crippen LogP contribution in [0.4, 0.5) is 0 Å². The Morgan fingerprint density at radius 3 is 2.00 bits per heavy atom. The van der Waals surface area contributed by atoms with E-state index >= 15 is 0 Å². The highest BCUT2D eigenvalue weighted by atomic mass is 15.2. The molecule has 0 aliphatic heterocycles. The van der Waals surface area contributed by atoms with Crippen LogP contribution < -0.4 is 0 Å². The first-order valence-electron chi connectivity index (χ1n) is 6.43. The Balaban J connectivity index is 3.79. The fraction of sp³-hybridized carbons (Fsp3) is 1.00. The number of hydrogen-bond acceptors (Lipinski definition) is 2. The van der Waals surface area contributed by atoms with Crippen molar-refractivity contribution in [2.24, 2.45) is 5.92 Å². The third-order valence-electron chi connectivity index (χ3n) is 3.07. The molecule has 0 aliphatic rings. The quantitative estimate of drug-likeness (QED) is 0.613. The molecule has 0 radical (unpaired) electrons. The highest BCUT2D eigenvalue weighted by Crippen LogP contribution is 2.03. The van der Waals surface area contributed by atoms with Gasteiger partial charge in [-0.25, -0.2) is 0 Å². The molecule has 1 unspecified atom stereocenters. The molecule has 0 aliphatic carbocycles. The fourth-order valence-corrected chi connectivity index (χ4v) is 1.96. The summed E-state index contributed by atoms with van der Waals surface area (Å²) in [5.41, 5.74) is 0. The molecule has 0 aromatic heterocycles. The van der Waals surface area contributed by atoms with E-state index in [1.165, 1.54) is 32.6 Å². The Bertz CT molecular complexity index is 145. The van der Waals surface area contributed by atoms with Crippen LogP contribution in [0.3, 0.4) is 0 Å². The van der Waals surface area contributed by atoms with Gasteiger partial charge in [-0.3, -0.25) is 4.90 Å². The first kappa shape index (κ1) is 14.9. The second-order valence-corrected chi connectivity index (χ2v) is 5.04. The van der Waals surface area contributed by atoms with Gasteiger partial charge in [-0.15, -0.1) is 0 Å². The lowest BCUT2D eigenvalue weighted by Crippen LogP contribution is -2.39. The molecule has 0 amide bonds. The molecule has 0 saturated carbocycles. The molecule has 0 saturated heterocycles. The molecule has 92 valence electrons. The summed E-state index contributed by atoms with van der Waals surface area (Å²) < 4.78 is 0. The zero-order valence-electron chi connectivity index (χ0n) is 11.6. The van der Waals surface area contributed by atoms with E-state index in [0.717, 1.165) is 12.0 Å². The monoisotopic (exact) mass is 214 g/mol. The molecule has 0 rings (SSSR count). The maximum absolute atomic E-state index is 2.57. The van der Waals surface area contributed by atoms with Crippen LogP contribution in [0, 0.1) is 5.92 Å². The van der Waals surface area contributed by atoms with Crippen LogP contribution >= 0.6 is 0 Å². The molecule has 0 heterocycles. The number of likely N-dealkylation sites (N-methyl/N-ethyl adjacent to an activating group) is 2. The third kappa shape index (κ3) is 6.91. The summed E-state index contributed by atoms with van der Waals surface area (Å²) in [5.74, 6) is 0.772. The molecular weight excluding hydrogens is 184 g/mol. The summed E-state index contributed by atoms with van der Waals surface area (Å²) >= 11 is 0. The Morgan fingerprint density at radius 1 is 1.00 bits per heavy atom. The van der Waals surface area contributed by atoms with E-state index in [-0.39, 0.29) is 0 Å². The van der Waals surface area contributed by atoms with Gasteiger partial charge in [0.2, 0.25) is 0 Å². The Kier molecular flexibility index (Phi) is 8.07. The van der Waals surface area contributed by atoms with Crippen molar-refractivity contribution in [1.82, 2.24) is 9.80 Å². The lowest BCUT2D eigenvalue weighted by molar-refractivity contribution is 0.178. The minimum absolute atomic E-state index is 0.724. The van der Waals surface area contributed by atoms with Gasteiger partial charge in [0.25, 0.3) is 0 Å². The zero-order valence-corrected chi connectivity index (χ0v) is 11.6.